The Kier molecular flexibility index (Phi) is 10.6. The molecule has 0 fully saturated rings. The molecule has 6 nitrogen and oxygen atoms in total. The third-order valence-electron chi connectivity index (χ3n) is 7.85. The Morgan fingerprint density at radius 3 is 2.49 bits per heavy atom. The Labute approximate surface area is 244 Å². The van der Waals surface area contributed by atoms with Crippen LogP contribution in [0.4, 0.5) is 0 Å². The third-order valence-corrected chi connectivity index (χ3v) is 7.85. The van der Waals surface area contributed by atoms with Crippen LogP contribution in [0.1, 0.15) is 68.1 Å². The Morgan fingerprint density at radius 1 is 0.927 bits per heavy atom. The first kappa shape index (κ1) is 29.9. The van der Waals surface area contributed by atoms with E-state index < -0.39 is 0 Å². The summed E-state index contributed by atoms with van der Waals surface area (Å²) in [4.78, 5) is 31.6. The Morgan fingerprint density at radius 2 is 1.71 bits per heavy atom. The van der Waals surface area contributed by atoms with Crippen LogP contribution in [0.5, 0.6) is 5.75 Å². The van der Waals surface area contributed by atoms with E-state index in [0.29, 0.717) is 25.2 Å². The van der Waals surface area contributed by atoms with Gasteiger partial charge in [-0.2, -0.15) is 0 Å². The molecule has 0 aliphatic rings. The van der Waals surface area contributed by atoms with E-state index in [1.807, 2.05) is 71.6 Å². The van der Waals surface area contributed by atoms with Gasteiger partial charge >= 0.3 is 0 Å². The number of carbonyl (C=O) groups is 2. The molecule has 1 heterocycles. The van der Waals surface area contributed by atoms with Gasteiger partial charge in [-0.25, -0.2) is 0 Å². The predicted octanol–water partition coefficient (Wildman–Crippen LogP) is 7.16. The zero-order chi connectivity index (χ0) is 29.2. The lowest BCUT2D eigenvalue weighted by atomic mass is 10.0. The molecule has 1 aromatic heterocycles. The molecule has 0 N–H and O–H groups in total. The largest absolute Gasteiger partial charge is 0.497 e. The van der Waals surface area contributed by atoms with Gasteiger partial charge in [0.1, 0.15) is 12.3 Å². The molecule has 4 rings (SSSR count). The average Bonchev–Trinajstić information content (AvgIpc) is 3.44. The van der Waals surface area contributed by atoms with Gasteiger partial charge in [0, 0.05) is 36.6 Å². The van der Waals surface area contributed by atoms with E-state index in [9.17, 15) is 9.59 Å². The van der Waals surface area contributed by atoms with Crippen molar-refractivity contribution in [3.05, 3.63) is 102 Å². The molecule has 0 saturated heterocycles. The number of benzene rings is 3. The molecule has 4 aromatic rings. The van der Waals surface area contributed by atoms with Crippen molar-refractivity contribution >= 4 is 22.6 Å². The highest BCUT2D eigenvalue weighted by atomic mass is 16.5. The molecule has 0 aliphatic heterocycles. The quantitative estimate of drug-likeness (QED) is 0.156. The number of carbonyl (C=O) groups excluding carboxylic acids is 2. The number of hydrogen-bond donors (Lipinski definition) is 0. The lowest BCUT2D eigenvalue weighted by Gasteiger charge is -2.32. The SMILES string of the molecule is CCCCCN(CC(=O)N(Cc1cccn1Cc1cccc(OC)c1)C(C)CC)C(=O)c1cccc2ccccc12. The molecule has 2 amide bonds. The standard InChI is InChI=1S/C35H43N3O3/c1-5-7-10-21-37(35(40)33-20-12-16-29-15-8-9-19-32(29)33)26-34(39)38(27(3)6-2)25-30-17-13-22-36(30)24-28-14-11-18-31(23-28)41-4/h8-9,11-20,22-23,27H,5-7,10,21,24-26H2,1-4H3. The maximum absolute atomic E-state index is 14.0. The van der Waals surface area contributed by atoms with Crippen molar-refractivity contribution < 1.29 is 14.3 Å². The summed E-state index contributed by atoms with van der Waals surface area (Å²) in [6.07, 6.45) is 5.81. The summed E-state index contributed by atoms with van der Waals surface area (Å²) in [5.41, 5.74) is 2.83. The zero-order valence-corrected chi connectivity index (χ0v) is 24.9. The number of fused-ring (bicyclic) bond motifs is 1. The van der Waals surface area contributed by atoms with Crippen LogP contribution < -0.4 is 4.74 Å². The molecule has 0 saturated carbocycles. The molecule has 216 valence electrons. The van der Waals surface area contributed by atoms with Crippen molar-refractivity contribution in [1.82, 2.24) is 14.4 Å². The van der Waals surface area contributed by atoms with Crippen LogP contribution in [0.15, 0.2) is 85.1 Å². The van der Waals surface area contributed by atoms with E-state index in [4.69, 9.17) is 4.74 Å². The highest BCUT2D eigenvalue weighted by Crippen LogP contribution is 2.22. The maximum Gasteiger partial charge on any atom is 0.254 e. The second-order valence-corrected chi connectivity index (χ2v) is 10.7. The normalized spacial score (nSPS) is 11.8. The topological polar surface area (TPSA) is 54.8 Å². The fourth-order valence-electron chi connectivity index (χ4n) is 5.24. The number of amides is 2. The van der Waals surface area contributed by atoms with Gasteiger partial charge in [0.15, 0.2) is 0 Å². The van der Waals surface area contributed by atoms with Crippen LogP contribution in [0, 0.1) is 0 Å². The number of hydrogen-bond acceptors (Lipinski definition) is 3. The zero-order valence-electron chi connectivity index (χ0n) is 24.9. The van der Waals surface area contributed by atoms with Crippen LogP contribution >= 0.6 is 0 Å². The first-order valence-corrected chi connectivity index (χ1v) is 14.8. The minimum atomic E-state index is -0.0863. The van der Waals surface area contributed by atoms with Crippen LogP contribution in [-0.4, -0.2) is 52.4 Å². The number of ether oxygens (including phenoxy) is 1. The number of aromatic nitrogens is 1. The fraction of sp³-hybridized carbons (Fsp3) is 0.371. The summed E-state index contributed by atoms with van der Waals surface area (Å²) in [7, 11) is 1.67. The Hall–Kier alpha value is -4.06. The Balaban J connectivity index is 1.56. The van der Waals surface area contributed by atoms with Gasteiger partial charge in [-0.05, 0) is 66.4 Å². The molecule has 41 heavy (non-hydrogen) atoms. The molecule has 6 heteroatoms. The van der Waals surface area contributed by atoms with Crippen molar-refractivity contribution in [3.8, 4) is 5.75 Å². The minimum absolute atomic E-state index is 0.0291. The van der Waals surface area contributed by atoms with E-state index in [-0.39, 0.29) is 24.4 Å². The lowest BCUT2D eigenvalue weighted by molar-refractivity contribution is -0.134. The van der Waals surface area contributed by atoms with E-state index in [0.717, 1.165) is 53.5 Å². The molecule has 0 spiro atoms. The first-order valence-electron chi connectivity index (χ1n) is 14.8. The summed E-state index contributed by atoms with van der Waals surface area (Å²) in [5.74, 6) is 0.710. The van der Waals surface area contributed by atoms with Crippen molar-refractivity contribution in [1.29, 1.82) is 0 Å². The lowest BCUT2D eigenvalue weighted by Crippen LogP contribution is -2.46. The van der Waals surface area contributed by atoms with Gasteiger partial charge in [-0.15, -0.1) is 0 Å². The average molecular weight is 554 g/mol. The van der Waals surface area contributed by atoms with Crippen molar-refractivity contribution in [2.24, 2.45) is 0 Å². The van der Waals surface area contributed by atoms with Gasteiger partial charge in [0.05, 0.1) is 13.7 Å². The molecule has 0 bridgehead atoms. The molecular formula is C35H43N3O3. The highest BCUT2D eigenvalue weighted by molar-refractivity contribution is 6.07. The van der Waals surface area contributed by atoms with Crippen LogP contribution in [0.2, 0.25) is 0 Å². The number of unbranched alkanes of at least 4 members (excludes halogenated alkanes) is 2. The van der Waals surface area contributed by atoms with Gasteiger partial charge in [0.2, 0.25) is 5.91 Å². The maximum atomic E-state index is 14.0. The summed E-state index contributed by atoms with van der Waals surface area (Å²) < 4.78 is 7.58. The van der Waals surface area contributed by atoms with Crippen molar-refractivity contribution in [2.75, 3.05) is 20.2 Å². The predicted molar refractivity (Wildman–Crippen MR) is 166 cm³/mol. The van der Waals surface area contributed by atoms with E-state index in [2.05, 4.69) is 43.7 Å². The van der Waals surface area contributed by atoms with E-state index in [1.54, 1.807) is 12.0 Å². The van der Waals surface area contributed by atoms with Gasteiger partial charge in [-0.3, -0.25) is 9.59 Å². The van der Waals surface area contributed by atoms with Gasteiger partial charge < -0.3 is 19.1 Å². The monoisotopic (exact) mass is 553 g/mol. The number of nitrogens with zero attached hydrogens (tertiary/aromatic N) is 3. The Bertz CT molecular complexity index is 1440. The van der Waals surface area contributed by atoms with Crippen LogP contribution in [0.3, 0.4) is 0 Å². The molecular weight excluding hydrogens is 510 g/mol. The molecule has 3 aromatic carbocycles. The smallest absolute Gasteiger partial charge is 0.254 e. The summed E-state index contributed by atoms with van der Waals surface area (Å²) in [5, 5.41) is 1.94. The second kappa shape index (κ2) is 14.5. The summed E-state index contributed by atoms with van der Waals surface area (Å²) in [6.45, 7) is 8.12. The summed E-state index contributed by atoms with van der Waals surface area (Å²) >= 11 is 0. The molecule has 1 unspecified atom stereocenters. The van der Waals surface area contributed by atoms with Crippen LogP contribution in [-0.2, 0) is 17.9 Å². The van der Waals surface area contributed by atoms with Gasteiger partial charge in [0.25, 0.3) is 5.91 Å². The van der Waals surface area contributed by atoms with Crippen molar-refractivity contribution in [3.63, 3.8) is 0 Å². The fourth-order valence-corrected chi connectivity index (χ4v) is 5.24. The highest BCUT2D eigenvalue weighted by Gasteiger charge is 2.26. The van der Waals surface area contributed by atoms with E-state index >= 15 is 0 Å². The van der Waals surface area contributed by atoms with E-state index in [1.165, 1.54) is 0 Å². The third kappa shape index (κ3) is 7.57. The second-order valence-electron chi connectivity index (χ2n) is 10.7. The molecule has 0 radical (unpaired) electrons. The van der Waals surface area contributed by atoms with Crippen LogP contribution in [0.25, 0.3) is 10.8 Å². The molecule has 0 aliphatic carbocycles. The molecule has 1 atom stereocenters. The minimum Gasteiger partial charge on any atom is -0.497 e. The number of methoxy groups -OCH3 is 1. The number of rotatable bonds is 14. The summed E-state index contributed by atoms with van der Waals surface area (Å²) in [6, 6.07) is 25.9. The van der Waals surface area contributed by atoms with Crippen molar-refractivity contribution in [2.45, 2.75) is 65.6 Å². The first-order chi connectivity index (χ1) is 19.9. The van der Waals surface area contributed by atoms with Gasteiger partial charge in [-0.1, -0.05) is 75.2 Å².